The summed E-state index contributed by atoms with van der Waals surface area (Å²) in [6.45, 7) is 3.52. The predicted octanol–water partition coefficient (Wildman–Crippen LogP) is 1.35. The first kappa shape index (κ1) is 11.9. The SMILES string of the molecule is O=C(O)C1CCCCN1CC1CCCOC1. The third kappa shape index (κ3) is 2.95. The monoisotopic (exact) mass is 227 g/mol. The number of aliphatic carboxylic acids is 1. The smallest absolute Gasteiger partial charge is 0.320 e. The molecule has 2 saturated heterocycles. The zero-order valence-corrected chi connectivity index (χ0v) is 9.73. The van der Waals surface area contributed by atoms with Gasteiger partial charge in [0.25, 0.3) is 0 Å². The molecule has 0 aliphatic carbocycles. The Balaban J connectivity index is 1.87. The van der Waals surface area contributed by atoms with Gasteiger partial charge in [0, 0.05) is 13.2 Å². The van der Waals surface area contributed by atoms with Gasteiger partial charge in [-0.15, -0.1) is 0 Å². The number of carbonyl (C=O) groups is 1. The summed E-state index contributed by atoms with van der Waals surface area (Å²) in [5.41, 5.74) is 0. The topological polar surface area (TPSA) is 49.8 Å². The van der Waals surface area contributed by atoms with Gasteiger partial charge >= 0.3 is 5.97 Å². The van der Waals surface area contributed by atoms with Crippen LogP contribution in [-0.4, -0.2) is 48.3 Å². The number of hydrogen-bond donors (Lipinski definition) is 1. The molecule has 2 heterocycles. The first-order valence-electron chi connectivity index (χ1n) is 6.32. The van der Waals surface area contributed by atoms with Gasteiger partial charge in [-0.1, -0.05) is 6.42 Å². The van der Waals surface area contributed by atoms with Crippen molar-refractivity contribution in [3.8, 4) is 0 Å². The average Bonchev–Trinajstić information content (AvgIpc) is 2.31. The molecule has 2 rings (SSSR count). The number of rotatable bonds is 3. The Labute approximate surface area is 96.6 Å². The molecule has 0 amide bonds. The van der Waals surface area contributed by atoms with E-state index >= 15 is 0 Å². The second-order valence-electron chi connectivity index (χ2n) is 4.93. The molecule has 2 aliphatic rings. The van der Waals surface area contributed by atoms with Crippen molar-refractivity contribution in [1.29, 1.82) is 0 Å². The van der Waals surface area contributed by atoms with Crippen molar-refractivity contribution >= 4 is 5.97 Å². The van der Waals surface area contributed by atoms with Crippen molar-refractivity contribution in [2.24, 2.45) is 5.92 Å². The Kier molecular flexibility index (Phi) is 4.18. The van der Waals surface area contributed by atoms with Gasteiger partial charge in [-0.05, 0) is 38.1 Å². The fourth-order valence-corrected chi connectivity index (χ4v) is 2.77. The molecule has 0 aromatic carbocycles. The number of carboxylic acids is 1. The molecule has 1 N–H and O–H groups in total. The minimum Gasteiger partial charge on any atom is -0.480 e. The van der Waals surface area contributed by atoms with Gasteiger partial charge in [-0.2, -0.15) is 0 Å². The highest BCUT2D eigenvalue weighted by Gasteiger charge is 2.30. The van der Waals surface area contributed by atoms with Gasteiger partial charge in [0.1, 0.15) is 6.04 Å². The lowest BCUT2D eigenvalue weighted by molar-refractivity contribution is -0.145. The molecular formula is C12H21NO3. The van der Waals surface area contributed by atoms with Crippen LogP contribution in [0, 0.1) is 5.92 Å². The van der Waals surface area contributed by atoms with Crippen molar-refractivity contribution in [2.45, 2.75) is 38.1 Å². The third-order valence-corrected chi connectivity index (χ3v) is 3.65. The lowest BCUT2D eigenvalue weighted by atomic mass is 9.97. The van der Waals surface area contributed by atoms with E-state index in [1.54, 1.807) is 0 Å². The van der Waals surface area contributed by atoms with E-state index in [4.69, 9.17) is 9.84 Å². The van der Waals surface area contributed by atoms with E-state index in [1.165, 1.54) is 6.42 Å². The summed E-state index contributed by atoms with van der Waals surface area (Å²) in [6, 6.07) is -0.254. The third-order valence-electron chi connectivity index (χ3n) is 3.65. The van der Waals surface area contributed by atoms with Gasteiger partial charge in [-0.3, -0.25) is 9.69 Å². The lowest BCUT2D eigenvalue weighted by Crippen LogP contribution is -2.47. The van der Waals surface area contributed by atoms with E-state index in [1.807, 2.05) is 0 Å². The Bertz CT molecular complexity index is 238. The Morgan fingerprint density at radius 2 is 2.19 bits per heavy atom. The number of likely N-dealkylation sites (tertiary alicyclic amines) is 1. The quantitative estimate of drug-likeness (QED) is 0.790. The summed E-state index contributed by atoms with van der Waals surface area (Å²) in [5.74, 6) is -0.120. The Morgan fingerprint density at radius 1 is 1.31 bits per heavy atom. The van der Waals surface area contributed by atoms with Crippen LogP contribution >= 0.6 is 0 Å². The second kappa shape index (κ2) is 5.64. The standard InChI is InChI=1S/C12H21NO3/c14-12(15)11-5-1-2-6-13(11)8-10-4-3-7-16-9-10/h10-11H,1-9H2,(H,14,15). The molecule has 2 atom stereocenters. The van der Waals surface area contributed by atoms with Crippen LogP contribution in [0.2, 0.25) is 0 Å². The maximum Gasteiger partial charge on any atom is 0.320 e. The molecule has 2 aliphatic heterocycles. The highest BCUT2D eigenvalue weighted by atomic mass is 16.5. The molecule has 2 unspecified atom stereocenters. The summed E-state index contributed by atoms with van der Waals surface area (Å²) in [6.07, 6.45) is 5.30. The van der Waals surface area contributed by atoms with E-state index < -0.39 is 5.97 Å². The summed E-state index contributed by atoms with van der Waals surface area (Å²) >= 11 is 0. The number of hydrogen-bond acceptors (Lipinski definition) is 3. The van der Waals surface area contributed by atoms with Crippen molar-refractivity contribution < 1.29 is 14.6 Å². The van der Waals surface area contributed by atoms with Gasteiger partial charge in [0.05, 0.1) is 6.61 Å². The maximum atomic E-state index is 11.1. The fourth-order valence-electron chi connectivity index (χ4n) is 2.77. The van der Waals surface area contributed by atoms with Crippen LogP contribution < -0.4 is 0 Å². The number of piperidine rings is 1. The molecule has 0 bridgehead atoms. The molecule has 16 heavy (non-hydrogen) atoms. The largest absolute Gasteiger partial charge is 0.480 e. The second-order valence-corrected chi connectivity index (χ2v) is 4.93. The van der Waals surface area contributed by atoms with Crippen LogP contribution in [0.5, 0.6) is 0 Å². The molecular weight excluding hydrogens is 206 g/mol. The van der Waals surface area contributed by atoms with Crippen LogP contribution in [-0.2, 0) is 9.53 Å². The van der Waals surface area contributed by atoms with Gasteiger partial charge < -0.3 is 9.84 Å². The van der Waals surface area contributed by atoms with Crippen molar-refractivity contribution in [3.63, 3.8) is 0 Å². The number of carboxylic acid groups (broad SMARTS) is 1. The number of ether oxygens (including phenoxy) is 1. The van der Waals surface area contributed by atoms with Crippen molar-refractivity contribution in [2.75, 3.05) is 26.3 Å². The highest BCUT2D eigenvalue weighted by Crippen LogP contribution is 2.22. The number of nitrogens with zero attached hydrogens (tertiary/aromatic N) is 1. The molecule has 2 fully saturated rings. The molecule has 0 radical (unpaired) electrons. The Morgan fingerprint density at radius 3 is 2.88 bits per heavy atom. The van der Waals surface area contributed by atoms with Crippen molar-refractivity contribution in [3.05, 3.63) is 0 Å². The average molecular weight is 227 g/mol. The van der Waals surface area contributed by atoms with Crippen LogP contribution in [0.25, 0.3) is 0 Å². The first-order valence-corrected chi connectivity index (χ1v) is 6.32. The Hall–Kier alpha value is -0.610. The van der Waals surface area contributed by atoms with Gasteiger partial charge in [0.15, 0.2) is 0 Å². The fraction of sp³-hybridized carbons (Fsp3) is 0.917. The van der Waals surface area contributed by atoms with Gasteiger partial charge in [0.2, 0.25) is 0 Å². The van der Waals surface area contributed by atoms with E-state index in [2.05, 4.69) is 4.90 Å². The summed E-state index contributed by atoms with van der Waals surface area (Å²) in [4.78, 5) is 13.3. The predicted molar refractivity (Wildman–Crippen MR) is 60.4 cm³/mol. The summed E-state index contributed by atoms with van der Waals surface area (Å²) in [5, 5.41) is 9.17. The molecule has 0 saturated carbocycles. The van der Waals surface area contributed by atoms with E-state index in [0.717, 1.165) is 52.0 Å². The maximum absolute atomic E-state index is 11.1. The molecule has 92 valence electrons. The van der Waals surface area contributed by atoms with Crippen LogP contribution in [0.4, 0.5) is 0 Å². The molecule has 0 aromatic heterocycles. The first-order chi connectivity index (χ1) is 7.77. The van der Waals surface area contributed by atoms with E-state index in [9.17, 15) is 4.79 Å². The van der Waals surface area contributed by atoms with E-state index in [0.29, 0.717) is 5.92 Å². The van der Waals surface area contributed by atoms with Crippen LogP contribution in [0.3, 0.4) is 0 Å². The normalized spacial score (nSPS) is 32.5. The zero-order valence-electron chi connectivity index (χ0n) is 9.73. The molecule has 0 spiro atoms. The molecule has 4 nitrogen and oxygen atoms in total. The van der Waals surface area contributed by atoms with E-state index in [-0.39, 0.29) is 6.04 Å². The zero-order chi connectivity index (χ0) is 11.4. The van der Waals surface area contributed by atoms with Crippen LogP contribution in [0.1, 0.15) is 32.1 Å². The minimum absolute atomic E-state index is 0.254. The molecule has 4 heteroatoms. The lowest BCUT2D eigenvalue weighted by Gasteiger charge is -2.36. The van der Waals surface area contributed by atoms with Crippen molar-refractivity contribution in [1.82, 2.24) is 4.90 Å². The van der Waals surface area contributed by atoms with Crippen LogP contribution in [0.15, 0.2) is 0 Å². The molecule has 0 aromatic rings. The highest BCUT2D eigenvalue weighted by molar-refractivity contribution is 5.73. The summed E-state index contributed by atoms with van der Waals surface area (Å²) in [7, 11) is 0. The van der Waals surface area contributed by atoms with Gasteiger partial charge in [-0.25, -0.2) is 0 Å². The summed E-state index contributed by atoms with van der Waals surface area (Å²) < 4.78 is 5.45. The minimum atomic E-state index is -0.656.